The van der Waals surface area contributed by atoms with Gasteiger partial charge in [-0.15, -0.1) is 0 Å². The maximum absolute atomic E-state index is 12.9. The van der Waals surface area contributed by atoms with E-state index in [-0.39, 0.29) is 5.56 Å². The van der Waals surface area contributed by atoms with Gasteiger partial charge in [0.1, 0.15) is 5.75 Å². The second-order valence-corrected chi connectivity index (χ2v) is 4.71. The molecule has 0 atom stereocenters. The van der Waals surface area contributed by atoms with E-state index in [2.05, 4.69) is 15.2 Å². The van der Waals surface area contributed by atoms with Crippen molar-refractivity contribution >= 4 is 11.6 Å². The topological polar surface area (TPSA) is 56.1 Å². The summed E-state index contributed by atoms with van der Waals surface area (Å²) in [7, 11) is 1.69. The summed E-state index contributed by atoms with van der Waals surface area (Å²) < 4.78 is 55.5. The molecule has 124 valence electrons. The van der Waals surface area contributed by atoms with Crippen LogP contribution >= 0.6 is 0 Å². The van der Waals surface area contributed by atoms with E-state index in [1.165, 1.54) is 18.3 Å². The standard InChI is InChI=1S/C14H13F4N3O2/c1-8-11(7-19-21(8)2)20-12(22)9-4-3-5-10(6-9)23-14(17,18)13(15)16/h3-7,13H,1-2H3,(H,20,22). The number of alkyl halides is 4. The molecule has 2 rings (SSSR count). The first-order valence-corrected chi connectivity index (χ1v) is 6.45. The molecule has 1 aromatic heterocycles. The van der Waals surface area contributed by atoms with Crippen LogP contribution in [0.1, 0.15) is 16.1 Å². The summed E-state index contributed by atoms with van der Waals surface area (Å²) in [5.41, 5.74) is 1.12. The average molecular weight is 331 g/mol. The number of amides is 1. The Morgan fingerprint density at radius 3 is 2.65 bits per heavy atom. The number of benzene rings is 1. The van der Waals surface area contributed by atoms with Crippen molar-refractivity contribution in [3.63, 3.8) is 0 Å². The highest BCUT2D eigenvalue weighted by Crippen LogP contribution is 2.28. The number of anilines is 1. The van der Waals surface area contributed by atoms with Crippen molar-refractivity contribution in [3.05, 3.63) is 41.7 Å². The minimum atomic E-state index is -4.63. The van der Waals surface area contributed by atoms with Crippen LogP contribution in [0.4, 0.5) is 23.2 Å². The summed E-state index contributed by atoms with van der Waals surface area (Å²) in [6, 6.07) is 4.61. The lowest BCUT2D eigenvalue weighted by Crippen LogP contribution is -2.33. The minimum Gasteiger partial charge on any atom is -0.428 e. The summed E-state index contributed by atoms with van der Waals surface area (Å²) >= 11 is 0. The molecule has 1 aromatic carbocycles. The van der Waals surface area contributed by atoms with Crippen LogP contribution in [0.15, 0.2) is 30.5 Å². The van der Waals surface area contributed by atoms with E-state index in [0.717, 1.165) is 12.1 Å². The Bertz CT molecular complexity index is 716. The molecule has 0 unspecified atom stereocenters. The number of rotatable bonds is 5. The molecule has 0 aliphatic carbocycles. The Morgan fingerprint density at radius 2 is 2.09 bits per heavy atom. The molecule has 1 amide bonds. The van der Waals surface area contributed by atoms with Crippen molar-refractivity contribution < 1.29 is 27.1 Å². The zero-order valence-electron chi connectivity index (χ0n) is 12.2. The van der Waals surface area contributed by atoms with Gasteiger partial charge >= 0.3 is 12.5 Å². The van der Waals surface area contributed by atoms with Gasteiger partial charge in [0.05, 0.1) is 17.6 Å². The highest BCUT2D eigenvalue weighted by Gasteiger charge is 2.44. The van der Waals surface area contributed by atoms with Gasteiger partial charge in [0.15, 0.2) is 0 Å². The lowest BCUT2D eigenvalue weighted by Gasteiger charge is -2.17. The molecular formula is C14H13F4N3O2. The van der Waals surface area contributed by atoms with Crippen molar-refractivity contribution in [3.8, 4) is 5.75 Å². The fourth-order valence-corrected chi connectivity index (χ4v) is 1.72. The molecule has 1 N–H and O–H groups in total. The van der Waals surface area contributed by atoms with Crippen molar-refractivity contribution in [2.75, 3.05) is 5.32 Å². The first-order chi connectivity index (χ1) is 10.7. The molecule has 0 aliphatic rings. The Labute approximate surface area is 128 Å². The van der Waals surface area contributed by atoms with E-state index in [1.54, 1.807) is 18.7 Å². The molecule has 0 aliphatic heterocycles. The van der Waals surface area contributed by atoms with Gasteiger partial charge in [-0.2, -0.15) is 22.7 Å². The summed E-state index contributed by atoms with van der Waals surface area (Å²) in [6.07, 6.45) is -7.17. The number of carbonyl (C=O) groups is 1. The summed E-state index contributed by atoms with van der Waals surface area (Å²) in [6.45, 7) is 1.73. The quantitative estimate of drug-likeness (QED) is 0.856. The summed E-state index contributed by atoms with van der Waals surface area (Å²) in [5, 5.41) is 6.49. The Hall–Kier alpha value is -2.58. The number of nitrogens with zero attached hydrogens (tertiary/aromatic N) is 2. The zero-order chi connectivity index (χ0) is 17.2. The average Bonchev–Trinajstić information content (AvgIpc) is 2.79. The van der Waals surface area contributed by atoms with E-state index in [9.17, 15) is 22.4 Å². The Morgan fingerprint density at radius 1 is 1.39 bits per heavy atom. The SMILES string of the molecule is Cc1c(NC(=O)c2cccc(OC(F)(F)C(F)F)c2)cnn1C. The maximum atomic E-state index is 12.9. The number of carbonyl (C=O) groups excluding carboxylic acids is 1. The van der Waals surface area contributed by atoms with Crippen LogP contribution in [0.3, 0.4) is 0 Å². The van der Waals surface area contributed by atoms with Gasteiger partial charge in [-0.3, -0.25) is 9.48 Å². The normalized spacial score (nSPS) is 11.6. The minimum absolute atomic E-state index is 0.0178. The van der Waals surface area contributed by atoms with Crippen LogP contribution in [0, 0.1) is 6.92 Å². The predicted octanol–water partition coefficient (Wildman–Crippen LogP) is 3.22. The number of aryl methyl sites for hydroxylation is 1. The van der Waals surface area contributed by atoms with E-state index < -0.39 is 24.2 Å². The summed E-state index contributed by atoms with van der Waals surface area (Å²) in [5.74, 6) is -1.14. The highest BCUT2D eigenvalue weighted by molar-refractivity contribution is 6.04. The third-order valence-corrected chi connectivity index (χ3v) is 3.09. The first-order valence-electron chi connectivity index (χ1n) is 6.45. The van der Waals surface area contributed by atoms with Crippen LogP contribution in [0.5, 0.6) is 5.75 Å². The van der Waals surface area contributed by atoms with Crippen LogP contribution in [-0.2, 0) is 7.05 Å². The lowest BCUT2D eigenvalue weighted by molar-refractivity contribution is -0.253. The van der Waals surface area contributed by atoms with E-state index in [4.69, 9.17) is 0 Å². The Kier molecular flexibility index (Phi) is 4.57. The van der Waals surface area contributed by atoms with E-state index >= 15 is 0 Å². The molecule has 0 saturated carbocycles. The molecule has 0 saturated heterocycles. The molecule has 0 bridgehead atoms. The van der Waals surface area contributed by atoms with Gasteiger partial charge in [-0.05, 0) is 25.1 Å². The van der Waals surface area contributed by atoms with Gasteiger partial charge in [0.2, 0.25) is 0 Å². The number of aromatic nitrogens is 2. The number of ether oxygens (including phenoxy) is 1. The number of nitrogens with one attached hydrogen (secondary N) is 1. The molecule has 0 fully saturated rings. The molecule has 0 spiro atoms. The Balaban J connectivity index is 2.16. The van der Waals surface area contributed by atoms with Gasteiger partial charge in [-0.25, -0.2) is 0 Å². The van der Waals surface area contributed by atoms with Gasteiger partial charge in [0.25, 0.3) is 5.91 Å². The number of halogens is 4. The summed E-state index contributed by atoms with van der Waals surface area (Å²) in [4.78, 5) is 12.1. The lowest BCUT2D eigenvalue weighted by atomic mass is 10.2. The van der Waals surface area contributed by atoms with Crippen LogP contribution in [-0.4, -0.2) is 28.2 Å². The van der Waals surface area contributed by atoms with Gasteiger partial charge < -0.3 is 10.1 Å². The predicted molar refractivity (Wildman–Crippen MR) is 73.9 cm³/mol. The molecule has 23 heavy (non-hydrogen) atoms. The molecule has 9 heteroatoms. The largest absolute Gasteiger partial charge is 0.461 e. The smallest absolute Gasteiger partial charge is 0.428 e. The second kappa shape index (κ2) is 6.27. The number of hydrogen-bond donors (Lipinski definition) is 1. The van der Waals surface area contributed by atoms with Crippen LogP contribution in [0.2, 0.25) is 0 Å². The molecule has 0 radical (unpaired) electrons. The fraction of sp³-hybridized carbons (Fsp3) is 0.286. The second-order valence-electron chi connectivity index (χ2n) is 4.71. The maximum Gasteiger partial charge on any atom is 0.461 e. The third-order valence-electron chi connectivity index (χ3n) is 3.09. The fourth-order valence-electron chi connectivity index (χ4n) is 1.72. The van der Waals surface area contributed by atoms with Gasteiger partial charge in [0, 0.05) is 12.6 Å². The molecule has 2 aromatic rings. The van der Waals surface area contributed by atoms with Crippen LogP contribution in [0.25, 0.3) is 0 Å². The highest BCUT2D eigenvalue weighted by atomic mass is 19.3. The number of hydrogen-bond acceptors (Lipinski definition) is 3. The van der Waals surface area contributed by atoms with Crippen molar-refractivity contribution in [1.82, 2.24) is 9.78 Å². The molecule has 5 nitrogen and oxygen atoms in total. The van der Waals surface area contributed by atoms with Crippen molar-refractivity contribution in [2.24, 2.45) is 7.05 Å². The van der Waals surface area contributed by atoms with Crippen LogP contribution < -0.4 is 10.1 Å². The zero-order valence-corrected chi connectivity index (χ0v) is 12.2. The third kappa shape index (κ3) is 3.79. The van der Waals surface area contributed by atoms with Crippen molar-refractivity contribution in [1.29, 1.82) is 0 Å². The monoisotopic (exact) mass is 331 g/mol. The first kappa shape index (κ1) is 16.8. The van der Waals surface area contributed by atoms with Crippen molar-refractivity contribution in [2.45, 2.75) is 19.5 Å². The molecular weight excluding hydrogens is 318 g/mol. The molecule has 1 heterocycles. The van der Waals surface area contributed by atoms with Gasteiger partial charge in [-0.1, -0.05) is 6.07 Å². The van der Waals surface area contributed by atoms with E-state index in [1.807, 2.05) is 0 Å². The van der Waals surface area contributed by atoms with E-state index in [0.29, 0.717) is 11.4 Å².